The molecule has 0 saturated carbocycles. The number of para-hydroxylation sites is 1. The van der Waals surface area contributed by atoms with Crippen LogP contribution in [0.15, 0.2) is 30.3 Å². The largest absolute Gasteiger partial charge is 0.354 e. The van der Waals surface area contributed by atoms with Crippen LogP contribution in [-0.4, -0.2) is 37.2 Å². The Bertz CT molecular complexity index is 850. The highest BCUT2D eigenvalue weighted by atomic mass is 16.2. The fraction of sp³-hybridized carbons (Fsp3) is 0.412. The normalized spacial score (nSPS) is 12.5. The molecule has 7 heteroatoms. The number of nitrogens with one attached hydrogen (secondary N) is 1. The third-order valence-electron chi connectivity index (χ3n) is 3.95. The molecule has 7 nitrogen and oxygen atoms in total. The van der Waals surface area contributed by atoms with Gasteiger partial charge in [-0.25, -0.2) is 4.68 Å². The van der Waals surface area contributed by atoms with E-state index in [0.717, 1.165) is 29.0 Å². The first-order valence-corrected chi connectivity index (χ1v) is 8.09. The van der Waals surface area contributed by atoms with Crippen molar-refractivity contribution in [3.63, 3.8) is 0 Å². The number of aryl methyl sites for hydroxylation is 2. The molecule has 0 spiro atoms. The summed E-state index contributed by atoms with van der Waals surface area (Å²) in [5.74, 6) is 0.227. The number of hydrogen-bond acceptors (Lipinski definition) is 4. The average Bonchev–Trinajstić information content (AvgIpc) is 3.09. The van der Waals surface area contributed by atoms with Crippen molar-refractivity contribution in [1.82, 2.24) is 30.1 Å². The van der Waals surface area contributed by atoms with Gasteiger partial charge in [-0.2, -0.15) is 5.10 Å². The zero-order chi connectivity index (χ0) is 17.1. The molecule has 2 aromatic heterocycles. The van der Waals surface area contributed by atoms with E-state index >= 15 is 0 Å². The van der Waals surface area contributed by atoms with Gasteiger partial charge in [0.05, 0.1) is 11.2 Å². The molecular formula is C17H22N6O. The number of aromatic nitrogens is 5. The summed E-state index contributed by atoms with van der Waals surface area (Å²) in [5, 5.41) is 15.5. The minimum Gasteiger partial charge on any atom is -0.354 e. The molecule has 24 heavy (non-hydrogen) atoms. The van der Waals surface area contributed by atoms with E-state index in [1.54, 1.807) is 4.68 Å². The van der Waals surface area contributed by atoms with E-state index in [4.69, 9.17) is 0 Å². The Morgan fingerprint density at radius 2 is 2.04 bits per heavy atom. The quantitative estimate of drug-likeness (QED) is 0.748. The summed E-state index contributed by atoms with van der Waals surface area (Å²) in [6.45, 7) is 7.68. The third kappa shape index (κ3) is 3.61. The smallest absolute Gasteiger partial charge is 0.241 e. The molecule has 0 aliphatic rings. The number of fused-ring (bicyclic) bond motifs is 1. The number of nitrogens with zero attached hydrogens (tertiary/aromatic N) is 5. The lowest BCUT2D eigenvalue weighted by molar-refractivity contribution is -0.122. The molecule has 0 fully saturated rings. The summed E-state index contributed by atoms with van der Waals surface area (Å²) in [4.78, 5) is 12.2. The van der Waals surface area contributed by atoms with Crippen molar-refractivity contribution in [2.75, 3.05) is 6.54 Å². The molecule has 2 heterocycles. The van der Waals surface area contributed by atoms with E-state index in [9.17, 15) is 4.79 Å². The van der Waals surface area contributed by atoms with Crippen molar-refractivity contribution in [2.45, 2.75) is 33.9 Å². The van der Waals surface area contributed by atoms with E-state index in [2.05, 4.69) is 33.7 Å². The van der Waals surface area contributed by atoms with E-state index in [-0.39, 0.29) is 12.5 Å². The van der Waals surface area contributed by atoms with Crippen LogP contribution in [0.5, 0.6) is 0 Å². The number of carbonyl (C=O) groups is 1. The molecule has 126 valence electrons. The lowest BCUT2D eigenvalue weighted by Crippen LogP contribution is -2.33. The highest BCUT2D eigenvalue weighted by molar-refractivity contribution is 5.79. The maximum atomic E-state index is 12.2. The first-order chi connectivity index (χ1) is 11.5. The third-order valence-corrected chi connectivity index (χ3v) is 3.95. The first-order valence-electron chi connectivity index (χ1n) is 8.09. The topological polar surface area (TPSA) is 77.6 Å². The fourth-order valence-corrected chi connectivity index (χ4v) is 2.73. The standard InChI is InChI=1S/C17H22N6O/c1-12(10-22-14(3)8-13(2)20-22)9-18-17(24)11-23-16-7-5-4-6-15(16)19-21-23/h4-8,12H,9-11H2,1-3H3,(H,18,24). The van der Waals surface area contributed by atoms with E-state index in [1.165, 1.54) is 0 Å². The Morgan fingerprint density at radius 1 is 1.25 bits per heavy atom. The van der Waals surface area contributed by atoms with Gasteiger partial charge in [-0.15, -0.1) is 5.10 Å². The number of amides is 1. The summed E-state index contributed by atoms with van der Waals surface area (Å²) in [7, 11) is 0. The van der Waals surface area contributed by atoms with Crippen LogP contribution in [-0.2, 0) is 17.9 Å². The molecule has 0 bridgehead atoms. The van der Waals surface area contributed by atoms with Crippen molar-refractivity contribution in [1.29, 1.82) is 0 Å². The van der Waals surface area contributed by atoms with Crippen molar-refractivity contribution in [3.05, 3.63) is 41.7 Å². The average molecular weight is 326 g/mol. The van der Waals surface area contributed by atoms with E-state index in [1.807, 2.05) is 42.8 Å². The maximum Gasteiger partial charge on any atom is 0.241 e. The minimum absolute atomic E-state index is 0.0640. The zero-order valence-corrected chi connectivity index (χ0v) is 14.2. The second-order valence-electron chi connectivity index (χ2n) is 6.25. The van der Waals surface area contributed by atoms with Crippen LogP contribution in [0, 0.1) is 19.8 Å². The molecule has 1 aromatic carbocycles. The van der Waals surface area contributed by atoms with Crippen molar-refractivity contribution in [3.8, 4) is 0 Å². The SMILES string of the molecule is Cc1cc(C)n(CC(C)CNC(=O)Cn2nnc3ccccc32)n1. The van der Waals surface area contributed by atoms with Gasteiger partial charge < -0.3 is 5.32 Å². The number of benzene rings is 1. The number of carbonyl (C=O) groups excluding carboxylic acids is 1. The lowest BCUT2D eigenvalue weighted by Gasteiger charge is -2.14. The second kappa shape index (κ2) is 6.82. The summed E-state index contributed by atoms with van der Waals surface area (Å²) >= 11 is 0. The van der Waals surface area contributed by atoms with Gasteiger partial charge in [-0.05, 0) is 38.0 Å². The van der Waals surface area contributed by atoms with Gasteiger partial charge in [0.25, 0.3) is 0 Å². The van der Waals surface area contributed by atoms with Gasteiger partial charge in [0.2, 0.25) is 5.91 Å². The predicted molar refractivity (Wildman–Crippen MR) is 91.4 cm³/mol. The minimum atomic E-state index is -0.0640. The summed E-state index contributed by atoms with van der Waals surface area (Å²) in [6.07, 6.45) is 0. The van der Waals surface area contributed by atoms with Crippen LogP contribution in [0.25, 0.3) is 11.0 Å². The first kappa shape index (κ1) is 16.2. The van der Waals surface area contributed by atoms with Crippen LogP contribution in [0.3, 0.4) is 0 Å². The van der Waals surface area contributed by atoms with Gasteiger partial charge in [0, 0.05) is 18.8 Å². The molecule has 1 atom stereocenters. The number of hydrogen-bond donors (Lipinski definition) is 1. The maximum absolute atomic E-state index is 12.2. The van der Waals surface area contributed by atoms with Gasteiger partial charge in [-0.3, -0.25) is 9.48 Å². The summed E-state index contributed by atoms with van der Waals surface area (Å²) in [5.41, 5.74) is 3.81. The Balaban J connectivity index is 1.53. The van der Waals surface area contributed by atoms with Crippen LogP contribution in [0.1, 0.15) is 18.3 Å². The van der Waals surface area contributed by atoms with Crippen LogP contribution in [0.2, 0.25) is 0 Å². The Morgan fingerprint density at radius 3 is 2.79 bits per heavy atom. The summed E-state index contributed by atoms with van der Waals surface area (Å²) < 4.78 is 3.60. The molecule has 1 amide bonds. The van der Waals surface area contributed by atoms with Crippen molar-refractivity contribution < 1.29 is 4.79 Å². The van der Waals surface area contributed by atoms with Gasteiger partial charge in [0.15, 0.2) is 0 Å². The van der Waals surface area contributed by atoms with Crippen LogP contribution >= 0.6 is 0 Å². The van der Waals surface area contributed by atoms with Gasteiger partial charge in [-0.1, -0.05) is 24.3 Å². The van der Waals surface area contributed by atoms with Crippen LogP contribution in [0.4, 0.5) is 0 Å². The van der Waals surface area contributed by atoms with Crippen LogP contribution < -0.4 is 5.32 Å². The monoisotopic (exact) mass is 326 g/mol. The molecule has 3 aromatic rings. The highest BCUT2D eigenvalue weighted by Crippen LogP contribution is 2.09. The second-order valence-corrected chi connectivity index (χ2v) is 6.25. The molecule has 3 rings (SSSR count). The Hall–Kier alpha value is -2.70. The molecular weight excluding hydrogens is 304 g/mol. The number of rotatable bonds is 6. The molecule has 0 aliphatic carbocycles. The van der Waals surface area contributed by atoms with Gasteiger partial charge in [0.1, 0.15) is 12.1 Å². The highest BCUT2D eigenvalue weighted by Gasteiger charge is 2.11. The predicted octanol–water partition coefficient (Wildman–Crippen LogP) is 1.70. The van der Waals surface area contributed by atoms with Crippen molar-refractivity contribution in [2.24, 2.45) is 5.92 Å². The molecule has 0 aliphatic heterocycles. The van der Waals surface area contributed by atoms with Crippen molar-refractivity contribution >= 4 is 16.9 Å². The van der Waals surface area contributed by atoms with E-state index in [0.29, 0.717) is 12.5 Å². The zero-order valence-electron chi connectivity index (χ0n) is 14.2. The Kier molecular flexibility index (Phi) is 4.59. The molecule has 1 unspecified atom stereocenters. The Labute approximate surface area is 140 Å². The molecule has 0 radical (unpaired) electrons. The molecule has 0 saturated heterocycles. The van der Waals surface area contributed by atoms with E-state index < -0.39 is 0 Å². The van der Waals surface area contributed by atoms with Gasteiger partial charge >= 0.3 is 0 Å². The molecule has 1 N–H and O–H groups in total. The summed E-state index contributed by atoms with van der Waals surface area (Å²) in [6, 6.07) is 9.67. The lowest BCUT2D eigenvalue weighted by atomic mass is 10.2. The fourth-order valence-electron chi connectivity index (χ4n) is 2.73.